The number of ether oxygens (including phenoxy) is 1. The molecule has 8 heteroatoms. The third-order valence-electron chi connectivity index (χ3n) is 5.90. The maximum Gasteiger partial charge on any atom is 0.261 e. The van der Waals surface area contributed by atoms with Crippen LogP contribution in [-0.4, -0.2) is 45.6 Å². The number of nitrogens with one attached hydrogen (secondary N) is 1. The lowest BCUT2D eigenvalue weighted by Gasteiger charge is -2.29. The number of morpholine rings is 1. The van der Waals surface area contributed by atoms with Gasteiger partial charge in [0.1, 0.15) is 5.82 Å². The van der Waals surface area contributed by atoms with Crippen LogP contribution in [0.1, 0.15) is 5.56 Å². The lowest BCUT2D eigenvalue weighted by molar-refractivity contribution is 0.122. The highest BCUT2D eigenvalue weighted by atomic mass is 16.5. The first-order valence-corrected chi connectivity index (χ1v) is 10.7. The Hall–Kier alpha value is -3.65. The molecule has 0 bridgehead atoms. The van der Waals surface area contributed by atoms with Gasteiger partial charge in [-0.15, -0.1) is 0 Å². The number of anilines is 3. The van der Waals surface area contributed by atoms with Crippen molar-refractivity contribution in [2.45, 2.75) is 6.92 Å². The van der Waals surface area contributed by atoms with Gasteiger partial charge < -0.3 is 19.5 Å². The number of aromatic nitrogens is 4. The van der Waals surface area contributed by atoms with Gasteiger partial charge in [0.2, 0.25) is 0 Å². The van der Waals surface area contributed by atoms with Gasteiger partial charge in [-0.1, -0.05) is 0 Å². The van der Waals surface area contributed by atoms with E-state index >= 15 is 0 Å². The Morgan fingerprint density at radius 3 is 2.62 bits per heavy atom. The number of hydrogen-bond donors (Lipinski definition) is 1. The van der Waals surface area contributed by atoms with Crippen LogP contribution in [0.3, 0.4) is 0 Å². The molecule has 1 N–H and O–H groups in total. The zero-order valence-electron chi connectivity index (χ0n) is 18.5. The van der Waals surface area contributed by atoms with Gasteiger partial charge >= 0.3 is 0 Å². The highest BCUT2D eigenvalue weighted by molar-refractivity contribution is 5.95. The van der Waals surface area contributed by atoms with Crippen LogP contribution in [0.2, 0.25) is 0 Å². The van der Waals surface area contributed by atoms with Gasteiger partial charge in [-0.2, -0.15) is 5.10 Å². The molecule has 1 saturated heterocycles. The summed E-state index contributed by atoms with van der Waals surface area (Å²) in [6.45, 7) is 5.35. The lowest BCUT2D eigenvalue weighted by atomic mass is 10.1. The van der Waals surface area contributed by atoms with Crippen molar-refractivity contribution >= 4 is 28.0 Å². The molecule has 1 aliphatic heterocycles. The van der Waals surface area contributed by atoms with Crippen molar-refractivity contribution in [2.75, 3.05) is 36.5 Å². The number of rotatable bonds is 4. The summed E-state index contributed by atoms with van der Waals surface area (Å²) >= 11 is 0. The van der Waals surface area contributed by atoms with Crippen LogP contribution in [0.5, 0.6) is 0 Å². The van der Waals surface area contributed by atoms with Gasteiger partial charge in [-0.25, -0.2) is 4.98 Å². The standard InChI is InChI=1S/C24H26N6O2/c1-16-12-19(30-8-10-32-11-9-30)4-5-20(16)26-23-22-17(6-7-28(2)24(22)31)13-21(27-23)18-14-25-29(3)15-18/h4-7,12-15H,8-11H2,1-3H3,(H,26,27). The van der Waals surface area contributed by atoms with E-state index in [9.17, 15) is 4.79 Å². The Labute approximate surface area is 186 Å². The molecule has 4 aromatic rings. The highest BCUT2D eigenvalue weighted by Crippen LogP contribution is 2.30. The van der Waals surface area contributed by atoms with E-state index in [0.717, 1.165) is 54.2 Å². The number of pyridine rings is 2. The molecule has 0 spiro atoms. The van der Waals surface area contributed by atoms with Crippen LogP contribution in [0.15, 0.2) is 53.7 Å². The molecular weight excluding hydrogens is 404 g/mol. The number of hydrogen-bond acceptors (Lipinski definition) is 6. The molecule has 0 amide bonds. The van der Waals surface area contributed by atoms with Gasteiger partial charge in [0.15, 0.2) is 0 Å². The Morgan fingerprint density at radius 2 is 1.91 bits per heavy atom. The van der Waals surface area contributed by atoms with Crippen LogP contribution in [0, 0.1) is 6.92 Å². The fourth-order valence-corrected chi connectivity index (χ4v) is 4.08. The molecule has 0 aliphatic carbocycles. The summed E-state index contributed by atoms with van der Waals surface area (Å²) in [6, 6.07) is 10.2. The summed E-state index contributed by atoms with van der Waals surface area (Å²) < 4.78 is 8.78. The van der Waals surface area contributed by atoms with Gasteiger partial charge in [-0.3, -0.25) is 9.48 Å². The maximum absolute atomic E-state index is 13.0. The van der Waals surface area contributed by atoms with Gasteiger partial charge in [-0.05, 0) is 48.2 Å². The molecule has 164 valence electrons. The van der Waals surface area contributed by atoms with Gasteiger partial charge in [0.25, 0.3) is 5.56 Å². The number of fused-ring (bicyclic) bond motifs is 1. The van der Waals surface area contributed by atoms with Crippen LogP contribution in [-0.2, 0) is 18.8 Å². The first-order chi connectivity index (χ1) is 15.5. The lowest BCUT2D eigenvalue weighted by Crippen LogP contribution is -2.36. The van der Waals surface area contributed by atoms with E-state index in [1.165, 1.54) is 5.69 Å². The Bertz CT molecular complexity index is 1350. The van der Waals surface area contributed by atoms with Gasteiger partial charge in [0, 0.05) is 56.5 Å². The van der Waals surface area contributed by atoms with Crippen LogP contribution in [0.4, 0.5) is 17.2 Å². The molecule has 1 fully saturated rings. The number of nitrogens with zero attached hydrogens (tertiary/aromatic N) is 5. The van der Waals surface area contributed by atoms with E-state index in [1.54, 1.807) is 28.7 Å². The first-order valence-electron chi connectivity index (χ1n) is 10.7. The molecule has 0 saturated carbocycles. The summed E-state index contributed by atoms with van der Waals surface area (Å²) in [7, 11) is 3.63. The van der Waals surface area contributed by atoms with Crippen molar-refractivity contribution in [3.05, 3.63) is 64.8 Å². The monoisotopic (exact) mass is 430 g/mol. The largest absolute Gasteiger partial charge is 0.378 e. The van der Waals surface area contributed by atoms with E-state index < -0.39 is 0 Å². The third kappa shape index (κ3) is 3.73. The minimum absolute atomic E-state index is 0.0853. The predicted octanol–water partition coefficient (Wildman–Crippen LogP) is 3.22. The Kier molecular flexibility index (Phi) is 5.14. The summed E-state index contributed by atoms with van der Waals surface area (Å²) in [5.74, 6) is 0.546. The van der Waals surface area contributed by atoms with E-state index in [1.807, 2.05) is 25.4 Å². The minimum Gasteiger partial charge on any atom is -0.378 e. The summed E-state index contributed by atoms with van der Waals surface area (Å²) in [5, 5.41) is 9.11. The van der Waals surface area contributed by atoms with Crippen molar-refractivity contribution in [2.24, 2.45) is 14.1 Å². The second-order valence-corrected chi connectivity index (χ2v) is 8.18. The zero-order valence-corrected chi connectivity index (χ0v) is 18.5. The van der Waals surface area contributed by atoms with E-state index in [2.05, 4.69) is 40.4 Å². The SMILES string of the molecule is Cc1cc(N2CCOCC2)ccc1Nc1nc(-c2cnn(C)c2)cc2ccn(C)c(=O)c12. The summed E-state index contributed by atoms with van der Waals surface area (Å²) in [6.07, 6.45) is 5.48. The average Bonchev–Trinajstić information content (AvgIpc) is 3.24. The fourth-order valence-electron chi connectivity index (χ4n) is 4.08. The number of aryl methyl sites for hydroxylation is 3. The highest BCUT2D eigenvalue weighted by Gasteiger charge is 2.16. The third-order valence-corrected chi connectivity index (χ3v) is 5.90. The van der Waals surface area contributed by atoms with E-state index in [0.29, 0.717) is 11.2 Å². The van der Waals surface area contributed by atoms with E-state index in [4.69, 9.17) is 9.72 Å². The molecule has 3 aromatic heterocycles. The molecule has 8 nitrogen and oxygen atoms in total. The smallest absolute Gasteiger partial charge is 0.261 e. The zero-order chi connectivity index (χ0) is 22.2. The normalized spacial score (nSPS) is 14.2. The first kappa shape index (κ1) is 20.3. The summed E-state index contributed by atoms with van der Waals surface area (Å²) in [5.41, 5.74) is 4.77. The predicted molar refractivity (Wildman–Crippen MR) is 127 cm³/mol. The Morgan fingerprint density at radius 1 is 1.09 bits per heavy atom. The molecule has 5 rings (SSSR count). The number of benzene rings is 1. The molecule has 32 heavy (non-hydrogen) atoms. The Balaban J connectivity index is 1.58. The summed E-state index contributed by atoms with van der Waals surface area (Å²) in [4.78, 5) is 20.1. The second kappa shape index (κ2) is 8.12. The maximum atomic E-state index is 13.0. The molecule has 4 heterocycles. The van der Waals surface area contributed by atoms with Gasteiger partial charge in [0.05, 0.1) is 30.5 Å². The van der Waals surface area contributed by atoms with E-state index in [-0.39, 0.29) is 5.56 Å². The van der Waals surface area contributed by atoms with Crippen molar-refractivity contribution in [3.8, 4) is 11.3 Å². The molecule has 0 atom stereocenters. The topological polar surface area (TPSA) is 77.2 Å². The van der Waals surface area contributed by atoms with Crippen LogP contribution < -0.4 is 15.8 Å². The molecule has 0 radical (unpaired) electrons. The second-order valence-electron chi connectivity index (χ2n) is 8.18. The molecular formula is C24H26N6O2. The van der Waals surface area contributed by atoms with Crippen molar-refractivity contribution in [1.29, 1.82) is 0 Å². The van der Waals surface area contributed by atoms with Crippen molar-refractivity contribution in [3.63, 3.8) is 0 Å². The quantitative estimate of drug-likeness (QED) is 0.536. The average molecular weight is 431 g/mol. The molecule has 1 aliphatic rings. The molecule has 0 unspecified atom stereocenters. The van der Waals surface area contributed by atoms with Crippen molar-refractivity contribution < 1.29 is 4.74 Å². The van der Waals surface area contributed by atoms with Crippen molar-refractivity contribution in [1.82, 2.24) is 19.3 Å². The minimum atomic E-state index is -0.0853. The van der Waals surface area contributed by atoms with Crippen LogP contribution in [0.25, 0.3) is 22.0 Å². The van der Waals surface area contributed by atoms with Crippen LogP contribution >= 0.6 is 0 Å². The fraction of sp³-hybridized carbons (Fsp3) is 0.292. The molecule has 1 aromatic carbocycles.